The first-order valence-electron chi connectivity index (χ1n) is 10.3. The van der Waals surface area contributed by atoms with Crippen molar-refractivity contribution in [2.24, 2.45) is 5.73 Å². The van der Waals surface area contributed by atoms with Crippen LogP contribution < -0.4 is 10.5 Å². The standard InChI is InChI=1S/C23H25N5O3/c1-30-21-13-18-15(6-5-9-25-18)12-16(21)19-14-27-22(28-19)17(24)7-3-2-4-8-20(29)23-26-10-11-31-23/h5-6,9-14,17H,2-4,7-8,24H2,1H3,(H,27,28)/t17-/m0/s1. The molecule has 8 nitrogen and oxygen atoms in total. The molecule has 1 atom stereocenters. The maximum atomic E-state index is 11.9. The number of nitrogens with one attached hydrogen (secondary N) is 1. The van der Waals surface area contributed by atoms with Gasteiger partial charge in [-0.2, -0.15) is 0 Å². The molecule has 1 aromatic carbocycles. The molecular weight excluding hydrogens is 394 g/mol. The number of ether oxygens (including phenoxy) is 1. The maximum absolute atomic E-state index is 11.9. The Labute approximate surface area is 179 Å². The number of unbranched alkanes of at least 4 members (excludes halogenated alkanes) is 2. The van der Waals surface area contributed by atoms with Crippen LogP contribution in [-0.2, 0) is 0 Å². The van der Waals surface area contributed by atoms with Crippen LogP contribution in [0.15, 0.2) is 53.5 Å². The largest absolute Gasteiger partial charge is 0.496 e. The van der Waals surface area contributed by atoms with Crippen LogP contribution in [0.5, 0.6) is 5.75 Å². The van der Waals surface area contributed by atoms with Gasteiger partial charge in [0.1, 0.15) is 17.8 Å². The van der Waals surface area contributed by atoms with Crippen molar-refractivity contribution in [2.45, 2.75) is 38.1 Å². The number of pyridine rings is 1. The van der Waals surface area contributed by atoms with E-state index in [4.69, 9.17) is 14.9 Å². The minimum atomic E-state index is -0.204. The molecule has 3 heterocycles. The molecule has 0 saturated carbocycles. The number of nitrogens with two attached hydrogens (primary N) is 1. The van der Waals surface area contributed by atoms with Gasteiger partial charge < -0.3 is 19.9 Å². The zero-order chi connectivity index (χ0) is 21.6. The highest BCUT2D eigenvalue weighted by atomic mass is 16.5. The molecule has 0 bridgehead atoms. The van der Waals surface area contributed by atoms with Crippen molar-refractivity contribution in [1.82, 2.24) is 19.9 Å². The molecule has 0 saturated heterocycles. The second-order valence-corrected chi connectivity index (χ2v) is 7.40. The van der Waals surface area contributed by atoms with Gasteiger partial charge in [0.2, 0.25) is 5.78 Å². The number of hydrogen-bond donors (Lipinski definition) is 2. The Balaban J connectivity index is 1.34. The third kappa shape index (κ3) is 4.80. The zero-order valence-corrected chi connectivity index (χ0v) is 17.4. The van der Waals surface area contributed by atoms with Gasteiger partial charge in [0.25, 0.3) is 5.89 Å². The number of carbonyl (C=O) groups is 1. The Hall–Kier alpha value is -3.52. The highest BCUT2D eigenvalue weighted by Gasteiger charge is 2.15. The Morgan fingerprint density at radius 2 is 2.10 bits per heavy atom. The molecule has 3 N–H and O–H groups in total. The fourth-order valence-corrected chi connectivity index (χ4v) is 3.57. The van der Waals surface area contributed by atoms with Crippen LogP contribution in [0.25, 0.3) is 22.2 Å². The lowest BCUT2D eigenvalue weighted by atomic mass is 10.1. The summed E-state index contributed by atoms with van der Waals surface area (Å²) in [4.78, 5) is 28.0. The fourth-order valence-electron chi connectivity index (χ4n) is 3.57. The van der Waals surface area contributed by atoms with Crippen molar-refractivity contribution < 1.29 is 13.9 Å². The van der Waals surface area contributed by atoms with E-state index in [0.29, 0.717) is 6.42 Å². The van der Waals surface area contributed by atoms with Crippen molar-refractivity contribution in [1.29, 1.82) is 0 Å². The molecule has 0 aliphatic rings. The van der Waals surface area contributed by atoms with Gasteiger partial charge in [-0.1, -0.05) is 18.9 Å². The summed E-state index contributed by atoms with van der Waals surface area (Å²) in [6.07, 6.45) is 10.2. The number of benzene rings is 1. The van der Waals surface area contributed by atoms with Gasteiger partial charge in [0.15, 0.2) is 0 Å². The minimum absolute atomic E-state index is 0.0653. The fraction of sp³-hybridized carbons (Fsp3) is 0.304. The van der Waals surface area contributed by atoms with Gasteiger partial charge in [0, 0.05) is 29.6 Å². The van der Waals surface area contributed by atoms with Crippen molar-refractivity contribution in [2.75, 3.05) is 7.11 Å². The second kappa shape index (κ2) is 9.53. The number of H-pyrrole nitrogens is 1. The van der Waals surface area contributed by atoms with Crippen LogP contribution in [0, 0.1) is 0 Å². The predicted octanol–water partition coefficient (Wildman–Crippen LogP) is 4.45. The number of carbonyl (C=O) groups excluding carboxylic acids is 1. The molecule has 160 valence electrons. The Bertz CT molecular complexity index is 1150. The molecule has 4 aromatic rings. The van der Waals surface area contributed by atoms with Gasteiger partial charge in [-0.05, 0) is 25.0 Å². The normalized spacial score (nSPS) is 12.2. The van der Waals surface area contributed by atoms with E-state index >= 15 is 0 Å². The Kier molecular flexibility index (Phi) is 6.37. The average molecular weight is 419 g/mol. The molecule has 0 radical (unpaired) electrons. The summed E-state index contributed by atoms with van der Waals surface area (Å²) in [6, 6.07) is 7.68. The summed E-state index contributed by atoms with van der Waals surface area (Å²) in [7, 11) is 1.64. The number of Topliss-reactive ketones (excluding diaryl/α,β-unsaturated/α-hetero) is 1. The number of nitrogens with zero attached hydrogens (tertiary/aromatic N) is 3. The molecular formula is C23H25N5O3. The third-order valence-electron chi connectivity index (χ3n) is 5.25. The maximum Gasteiger partial charge on any atom is 0.263 e. The molecule has 8 heteroatoms. The number of aromatic nitrogens is 4. The van der Waals surface area contributed by atoms with E-state index in [1.54, 1.807) is 19.5 Å². The van der Waals surface area contributed by atoms with Gasteiger partial charge in [-0.15, -0.1) is 0 Å². The first kappa shape index (κ1) is 20.7. The summed E-state index contributed by atoms with van der Waals surface area (Å²) in [5, 5.41) is 1.03. The minimum Gasteiger partial charge on any atom is -0.496 e. The van der Waals surface area contributed by atoms with Crippen molar-refractivity contribution in [3.8, 4) is 17.0 Å². The molecule has 0 aliphatic carbocycles. The average Bonchev–Trinajstić information content (AvgIpc) is 3.50. The summed E-state index contributed by atoms with van der Waals surface area (Å²) >= 11 is 0. The zero-order valence-electron chi connectivity index (χ0n) is 17.4. The van der Waals surface area contributed by atoms with Crippen LogP contribution in [0.2, 0.25) is 0 Å². The first-order valence-corrected chi connectivity index (χ1v) is 10.3. The highest BCUT2D eigenvalue weighted by Crippen LogP contribution is 2.33. The predicted molar refractivity (Wildman–Crippen MR) is 117 cm³/mol. The second-order valence-electron chi connectivity index (χ2n) is 7.40. The highest BCUT2D eigenvalue weighted by molar-refractivity contribution is 5.91. The van der Waals surface area contributed by atoms with Gasteiger partial charge in [0.05, 0.1) is 36.8 Å². The number of ketones is 1. The number of fused-ring (bicyclic) bond motifs is 1. The number of aromatic amines is 1. The van der Waals surface area contributed by atoms with Gasteiger partial charge in [-0.25, -0.2) is 9.97 Å². The lowest BCUT2D eigenvalue weighted by molar-refractivity contribution is 0.0945. The lowest BCUT2D eigenvalue weighted by Gasteiger charge is -2.10. The topological polar surface area (TPSA) is 120 Å². The SMILES string of the molecule is COc1cc2ncccc2cc1-c1cnc([C@@H](N)CCCCCC(=O)c2ncco2)[nH]1. The monoisotopic (exact) mass is 419 g/mol. The van der Waals surface area contributed by atoms with E-state index in [-0.39, 0.29) is 17.7 Å². The third-order valence-corrected chi connectivity index (χ3v) is 5.25. The van der Waals surface area contributed by atoms with Crippen LogP contribution in [-0.4, -0.2) is 32.8 Å². The van der Waals surface area contributed by atoms with Crippen molar-refractivity contribution >= 4 is 16.7 Å². The number of imidazole rings is 1. The van der Waals surface area contributed by atoms with Crippen LogP contribution >= 0.6 is 0 Å². The molecule has 31 heavy (non-hydrogen) atoms. The summed E-state index contributed by atoms with van der Waals surface area (Å²) in [5.74, 6) is 1.58. The number of methoxy groups -OCH3 is 1. The number of rotatable bonds is 10. The molecule has 0 fully saturated rings. The van der Waals surface area contributed by atoms with Crippen LogP contribution in [0.4, 0.5) is 0 Å². The van der Waals surface area contributed by atoms with Crippen molar-refractivity contribution in [3.63, 3.8) is 0 Å². The quantitative estimate of drug-likeness (QED) is 0.288. The lowest BCUT2D eigenvalue weighted by Crippen LogP contribution is -2.12. The van der Waals surface area contributed by atoms with Crippen LogP contribution in [0.1, 0.15) is 54.7 Å². The number of hydrogen-bond acceptors (Lipinski definition) is 7. The van der Waals surface area contributed by atoms with Gasteiger partial charge in [-0.3, -0.25) is 9.78 Å². The van der Waals surface area contributed by atoms with E-state index in [1.165, 1.54) is 12.5 Å². The molecule has 4 rings (SSSR count). The molecule has 0 spiro atoms. The van der Waals surface area contributed by atoms with E-state index < -0.39 is 0 Å². The van der Waals surface area contributed by atoms with E-state index in [9.17, 15) is 4.79 Å². The smallest absolute Gasteiger partial charge is 0.263 e. The summed E-state index contributed by atoms with van der Waals surface area (Å²) in [6.45, 7) is 0. The molecule has 0 aliphatic heterocycles. The molecule has 3 aromatic heterocycles. The van der Waals surface area contributed by atoms with E-state index in [0.717, 1.165) is 59.4 Å². The Morgan fingerprint density at radius 1 is 1.19 bits per heavy atom. The van der Waals surface area contributed by atoms with Gasteiger partial charge >= 0.3 is 0 Å². The first-order chi connectivity index (χ1) is 15.2. The number of oxazole rings is 1. The summed E-state index contributed by atoms with van der Waals surface area (Å²) in [5.41, 5.74) is 8.98. The molecule has 0 unspecified atom stereocenters. The van der Waals surface area contributed by atoms with E-state index in [1.807, 2.05) is 24.3 Å². The molecule has 0 amide bonds. The van der Waals surface area contributed by atoms with Crippen LogP contribution in [0.3, 0.4) is 0 Å². The van der Waals surface area contributed by atoms with E-state index in [2.05, 4.69) is 19.9 Å². The van der Waals surface area contributed by atoms with Crippen molar-refractivity contribution in [3.05, 3.63) is 60.8 Å². The Morgan fingerprint density at radius 3 is 2.90 bits per heavy atom. The summed E-state index contributed by atoms with van der Waals surface area (Å²) < 4.78 is 10.6.